The summed E-state index contributed by atoms with van der Waals surface area (Å²) in [6.07, 6.45) is 3.58. The Bertz CT molecular complexity index is 251. The summed E-state index contributed by atoms with van der Waals surface area (Å²) in [5.74, 6) is 0.736. The van der Waals surface area contributed by atoms with Crippen molar-refractivity contribution in [1.29, 1.82) is 0 Å². The molecule has 0 unspecified atom stereocenters. The highest BCUT2D eigenvalue weighted by atomic mass is 32.1. The molecule has 0 aliphatic carbocycles. The van der Waals surface area contributed by atoms with Crippen LogP contribution in [0.4, 0.5) is 5.13 Å². The van der Waals surface area contributed by atoms with Gasteiger partial charge in [-0.3, -0.25) is 0 Å². The standard InChI is InChI=1S/C7H9N3S/c1-3-6(8-2)10-7-9-4-5-11-7/h3-5H,2H2,1H3,(H,9,10)/b6-3+. The average molecular weight is 167 g/mol. The van der Waals surface area contributed by atoms with E-state index >= 15 is 0 Å². The number of rotatable bonds is 3. The second-order valence-corrected chi connectivity index (χ2v) is 2.69. The Morgan fingerprint density at radius 2 is 2.73 bits per heavy atom. The smallest absolute Gasteiger partial charge is 0.188 e. The minimum Gasteiger partial charge on any atom is -0.317 e. The summed E-state index contributed by atoms with van der Waals surface area (Å²) in [5, 5.41) is 5.74. The molecule has 0 fully saturated rings. The van der Waals surface area contributed by atoms with Crippen LogP contribution in [0.2, 0.25) is 0 Å². The summed E-state index contributed by atoms with van der Waals surface area (Å²) >= 11 is 1.53. The van der Waals surface area contributed by atoms with Crippen LogP contribution in [0.3, 0.4) is 0 Å². The highest BCUT2D eigenvalue weighted by Crippen LogP contribution is 2.12. The quantitative estimate of drug-likeness (QED) is 0.700. The lowest BCUT2D eigenvalue weighted by Gasteiger charge is -1.98. The van der Waals surface area contributed by atoms with E-state index in [1.165, 1.54) is 11.3 Å². The van der Waals surface area contributed by atoms with Crippen molar-refractivity contribution in [2.24, 2.45) is 4.99 Å². The molecule has 0 radical (unpaired) electrons. The Labute approximate surface area is 69.5 Å². The van der Waals surface area contributed by atoms with Crippen molar-refractivity contribution in [1.82, 2.24) is 4.98 Å². The molecule has 0 atom stereocenters. The van der Waals surface area contributed by atoms with Crippen LogP contribution in [0.25, 0.3) is 0 Å². The van der Waals surface area contributed by atoms with E-state index in [-0.39, 0.29) is 0 Å². The topological polar surface area (TPSA) is 37.3 Å². The fraction of sp³-hybridized carbons (Fsp3) is 0.143. The van der Waals surface area contributed by atoms with Crippen molar-refractivity contribution in [3.05, 3.63) is 23.5 Å². The van der Waals surface area contributed by atoms with Gasteiger partial charge in [-0.2, -0.15) is 0 Å². The monoisotopic (exact) mass is 167 g/mol. The molecule has 0 bridgehead atoms. The van der Waals surface area contributed by atoms with Crippen LogP contribution in [-0.2, 0) is 0 Å². The van der Waals surface area contributed by atoms with Crippen LogP contribution in [0.5, 0.6) is 0 Å². The summed E-state index contributed by atoms with van der Waals surface area (Å²) in [5.41, 5.74) is 0. The molecule has 58 valence electrons. The maximum atomic E-state index is 4.03. The zero-order chi connectivity index (χ0) is 8.10. The lowest BCUT2D eigenvalue weighted by molar-refractivity contribution is 1.27. The first-order valence-electron chi connectivity index (χ1n) is 3.16. The van der Waals surface area contributed by atoms with Gasteiger partial charge in [0, 0.05) is 11.6 Å². The number of hydrogen-bond donors (Lipinski definition) is 1. The van der Waals surface area contributed by atoms with Gasteiger partial charge >= 0.3 is 0 Å². The van der Waals surface area contributed by atoms with E-state index < -0.39 is 0 Å². The molecule has 1 aromatic heterocycles. The van der Waals surface area contributed by atoms with Crippen LogP contribution < -0.4 is 5.32 Å². The van der Waals surface area contributed by atoms with Gasteiger partial charge in [0.25, 0.3) is 0 Å². The third-order valence-electron chi connectivity index (χ3n) is 1.11. The van der Waals surface area contributed by atoms with Crippen molar-refractivity contribution >= 4 is 23.2 Å². The van der Waals surface area contributed by atoms with Crippen molar-refractivity contribution in [2.45, 2.75) is 6.92 Å². The van der Waals surface area contributed by atoms with Gasteiger partial charge in [-0.25, -0.2) is 9.98 Å². The highest BCUT2D eigenvalue weighted by molar-refractivity contribution is 7.13. The number of anilines is 1. The summed E-state index contributed by atoms with van der Waals surface area (Å²) in [6.45, 7) is 5.30. The van der Waals surface area contributed by atoms with E-state index in [0.717, 1.165) is 11.0 Å². The number of aromatic nitrogens is 1. The first-order valence-corrected chi connectivity index (χ1v) is 4.04. The molecule has 3 nitrogen and oxygen atoms in total. The Morgan fingerprint density at radius 1 is 1.91 bits per heavy atom. The van der Waals surface area contributed by atoms with Gasteiger partial charge in [0.15, 0.2) is 5.13 Å². The fourth-order valence-corrected chi connectivity index (χ4v) is 1.13. The molecular weight excluding hydrogens is 158 g/mol. The Kier molecular flexibility index (Phi) is 2.80. The van der Waals surface area contributed by atoms with Crippen LogP contribution in [-0.4, -0.2) is 11.7 Å². The number of hydrogen-bond acceptors (Lipinski definition) is 4. The van der Waals surface area contributed by atoms with Crippen molar-refractivity contribution in [3.63, 3.8) is 0 Å². The summed E-state index contributed by atoms with van der Waals surface area (Å²) in [4.78, 5) is 7.78. The molecule has 11 heavy (non-hydrogen) atoms. The largest absolute Gasteiger partial charge is 0.317 e. The van der Waals surface area contributed by atoms with E-state index in [1.807, 2.05) is 18.4 Å². The van der Waals surface area contributed by atoms with Gasteiger partial charge in [0.05, 0.1) is 0 Å². The van der Waals surface area contributed by atoms with Gasteiger partial charge in [-0.05, 0) is 19.7 Å². The second-order valence-electron chi connectivity index (χ2n) is 1.79. The van der Waals surface area contributed by atoms with Gasteiger partial charge in [-0.1, -0.05) is 0 Å². The lowest BCUT2D eigenvalue weighted by atomic mass is 10.6. The highest BCUT2D eigenvalue weighted by Gasteiger charge is 1.94. The Hall–Kier alpha value is -1.16. The van der Waals surface area contributed by atoms with Crippen LogP contribution >= 0.6 is 11.3 Å². The van der Waals surface area contributed by atoms with E-state index in [1.54, 1.807) is 6.20 Å². The maximum Gasteiger partial charge on any atom is 0.188 e. The molecule has 0 saturated heterocycles. The molecule has 0 saturated carbocycles. The van der Waals surface area contributed by atoms with Gasteiger partial charge in [-0.15, -0.1) is 11.3 Å². The number of thiazole rings is 1. The Balaban J connectivity index is 2.62. The predicted octanol–water partition coefficient (Wildman–Crippen LogP) is 2.12. The molecule has 0 aliphatic rings. The molecule has 0 amide bonds. The van der Waals surface area contributed by atoms with Crippen molar-refractivity contribution < 1.29 is 0 Å². The third kappa shape index (κ3) is 2.16. The minimum atomic E-state index is 0.736. The number of nitrogens with one attached hydrogen (secondary N) is 1. The maximum absolute atomic E-state index is 4.03. The average Bonchev–Trinajstić information content (AvgIpc) is 2.52. The Morgan fingerprint density at radius 3 is 3.18 bits per heavy atom. The van der Waals surface area contributed by atoms with E-state index in [2.05, 4.69) is 22.0 Å². The first kappa shape index (κ1) is 7.94. The summed E-state index contributed by atoms with van der Waals surface area (Å²) in [7, 11) is 0. The number of aliphatic imine (C=N–C) groups is 1. The lowest BCUT2D eigenvalue weighted by Crippen LogP contribution is -1.94. The number of nitrogens with zero attached hydrogens (tertiary/aromatic N) is 2. The SMILES string of the molecule is C=N/C(=C\C)Nc1nccs1. The van der Waals surface area contributed by atoms with Gasteiger partial charge < -0.3 is 5.32 Å². The van der Waals surface area contributed by atoms with Crippen LogP contribution in [0.15, 0.2) is 28.5 Å². The molecule has 0 aliphatic heterocycles. The molecule has 1 N–H and O–H groups in total. The van der Waals surface area contributed by atoms with Crippen molar-refractivity contribution in [2.75, 3.05) is 5.32 Å². The van der Waals surface area contributed by atoms with E-state index in [9.17, 15) is 0 Å². The zero-order valence-corrected chi connectivity index (χ0v) is 7.06. The molecule has 1 rings (SSSR count). The first-order chi connectivity index (χ1) is 5.36. The van der Waals surface area contributed by atoms with Crippen LogP contribution in [0.1, 0.15) is 6.92 Å². The minimum absolute atomic E-state index is 0.736. The van der Waals surface area contributed by atoms with E-state index in [0.29, 0.717) is 0 Å². The van der Waals surface area contributed by atoms with Gasteiger partial charge in [0.2, 0.25) is 0 Å². The van der Waals surface area contributed by atoms with Crippen LogP contribution in [0, 0.1) is 0 Å². The zero-order valence-electron chi connectivity index (χ0n) is 6.24. The molecule has 0 aromatic carbocycles. The predicted molar refractivity (Wildman–Crippen MR) is 49.0 cm³/mol. The molecule has 1 heterocycles. The molecule has 1 aromatic rings. The summed E-state index contributed by atoms with van der Waals surface area (Å²) < 4.78 is 0. The number of allylic oxidation sites excluding steroid dienone is 1. The van der Waals surface area contributed by atoms with Gasteiger partial charge in [0.1, 0.15) is 5.82 Å². The fourth-order valence-electron chi connectivity index (χ4n) is 0.598. The summed E-state index contributed by atoms with van der Waals surface area (Å²) in [6, 6.07) is 0. The third-order valence-corrected chi connectivity index (χ3v) is 1.80. The molecule has 4 heteroatoms. The second kappa shape index (κ2) is 3.88. The molecule has 0 spiro atoms. The molecular formula is C7H9N3S. The van der Waals surface area contributed by atoms with E-state index in [4.69, 9.17) is 0 Å². The van der Waals surface area contributed by atoms with Crippen molar-refractivity contribution in [3.8, 4) is 0 Å². The normalized spacial score (nSPS) is 11.2.